The van der Waals surface area contributed by atoms with Crippen LogP contribution in [0.5, 0.6) is 17.4 Å². The zero-order valence-electron chi connectivity index (χ0n) is 18.0. The molecule has 1 unspecified atom stereocenters. The first-order valence-electron chi connectivity index (χ1n) is 10.2. The lowest BCUT2D eigenvalue weighted by molar-refractivity contribution is -0.150. The van der Waals surface area contributed by atoms with Crippen LogP contribution in [0.1, 0.15) is 18.1 Å². The summed E-state index contributed by atoms with van der Waals surface area (Å²) < 4.78 is 54.1. The summed E-state index contributed by atoms with van der Waals surface area (Å²) in [6, 6.07) is 15.9. The fraction of sp³-hybridized carbons (Fsp3) is 0.250. The fourth-order valence-corrected chi connectivity index (χ4v) is 3.56. The fourth-order valence-electron chi connectivity index (χ4n) is 2.66. The van der Waals surface area contributed by atoms with Crippen molar-refractivity contribution >= 4 is 29.3 Å². The van der Waals surface area contributed by atoms with Gasteiger partial charge in [-0.3, -0.25) is 0 Å². The number of hydrogen-bond acceptors (Lipinski definition) is 6. The van der Waals surface area contributed by atoms with Gasteiger partial charge in [-0.15, -0.1) is 0 Å². The Kier molecular flexibility index (Phi) is 9.06. The minimum Gasteiger partial charge on any atom is -0.479 e. The van der Waals surface area contributed by atoms with Gasteiger partial charge in [-0.1, -0.05) is 23.7 Å². The maximum atomic E-state index is 12.6. The molecule has 0 radical (unpaired) electrons. The van der Waals surface area contributed by atoms with E-state index in [1.54, 1.807) is 43.0 Å². The Balaban J connectivity index is 1.39. The lowest BCUT2D eigenvalue weighted by Crippen LogP contribution is -2.26. The van der Waals surface area contributed by atoms with Crippen LogP contribution in [-0.4, -0.2) is 29.4 Å². The van der Waals surface area contributed by atoms with Gasteiger partial charge in [-0.2, -0.15) is 24.9 Å². The average Bonchev–Trinajstić information content (AvgIpc) is 2.81. The van der Waals surface area contributed by atoms with E-state index in [2.05, 4.69) is 4.98 Å². The van der Waals surface area contributed by atoms with E-state index in [-0.39, 0.29) is 12.5 Å². The summed E-state index contributed by atoms with van der Waals surface area (Å²) in [4.78, 5) is 15.8. The first-order chi connectivity index (χ1) is 16.2. The van der Waals surface area contributed by atoms with Crippen LogP contribution in [-0.2, 0) is 21.5 Å². The number of rotatable bonds is 10. The van der Waals surface area contributed by atoms with Gasteiger partial charge in [0, 0.05) is 28.8 Å². The highest BCUT2D eigenvalue weighted by Crippen LogP contribution is 2.30. The van der Waals surface area contributed by atoms with Crippen LogP contribution in [0.25, 0.3) is 0 Å². The van der Waals surface area contributed by atoms with Crippen LogP contribution in [0.2, 0.25) is 5.02 Å². The van der Waals surface area contributed by atoms with Crippen molar-refractivity contribution in [1.29, 1.82) is 0 Å². The Bertz CT molecular complexity index is 1060. The smallest absolute Gasteiger partial charge is 0.417 e. The number of aromatic nitrogens is 1. The third kappa shape index (κ3) is 8.14. The topological polar surface area (TPSA) is 57.7 Å². The molecule has 10 heteroatoms. The van der Waals surface area contributed by atoms with Crippen LogP contribution in [0.3, 0.4) is 0 Å². The molecule has 180 valence electrons. The van der Waals surface area contributed by atoms with Crippen LogP contribution in [0, 0.1) is 0 Å². The Morgan fingerprint density at radius 1 is 1.03 bits per heavy atom. The van der Waals surface area contributed by atoms with Crippen LogP contribution < -0.4 is 9.47 Å². The van der Waals surface area contributed by atoms with E-state index in [1.165, 1.54) is 0 Å². The normalized spacial score (nSPS) is 12.1. The molecular formula is C24H21ClF3NO4S. The monoisotopic (exact) mass is 511 g/mol. The molecule has 0 saturated carbocycles. The van der Waals surface area contributed by atoms with Crippen molar-refractivity contribution in [3.63, 3.8) is 0 Å². The molecule has 34 heavy (non-hydrogen) atoms. The van der Waals surface area contributed by atoms with Crippen molar-refractivity contribution < 1.29 is 32.2 Å². The molecule has 0 saturated heterocycles. The van der Waals surface area contributed by atoms with Crippen LogP contribution in [0.4, 0.5) is 13.2 Å². The molecule has 3 rings (SSSR count). The number of hydrogen-bond donors (Lipinski definition) is 0. The first-order valence-corrected chi connectivity index (χ1v) is 11.7. The molecule has 1 heterocycles. The third-order valence-corrected chi connectivity index (χ3v) is 5.65. The lowest BCUT2D eigenvalue weighted by atomic mass is 10.2. The Morgan fingerprint density at radius 3 is 2.32 bits per heavy atom. The van der Waals surface area contributed by atoms with Gasteiger partial charge in [0.25, 0.3) is 0 Å². The molecule has 0 aliphatic carbocycles. The molecule has 0 N–H and O–H groups in total. The lowest BCUT2D eigenvalue weighted by Gasteiger charge is -2.14. The highest BCUT2D eigenvalue weighted by atomic mass is 35.5. The Morgan fingerprint density at radius 2 is 1.71 bits per heavy atom. The molecular weight excluding hydrogens is 491 g/mol. The molecule has 1 aromatic heterocycles. The Hall–Kier alpha value is -2.91. The molecule has 2 aromatic carbocycles. The number of ether oxygens (including phenoxy) is 3. The number of pyridine rings is 1. The van der Waals surface area contributed by atoms with Crippen molar-refractivity contribution in [2.24, 2.45) is 0 Å². The number of halogens is 4. The number of alkyl halides is 3. The predicted molar refractivity (Wildman–Crippen MR) is 124 cm³/mol. The van der Waals surface area contributed by atoms with Gasteiger partial charge in [-0.05, 0) is 55.0 Å². The van der Waals surface area contributed by atoms with E-state index >= 15 is 0 Å². The summed E-state index contributed by atoms with van der Waals surface area (Å²) in [6.45, 7) is 1.84. The molecule has 0 fully saturated rings. The van der Waals surface area contributed by atoms with Crippen LogP contribution >= 0.6 is 23.4 Å². The standard InChI is InChI=1S/C24H21ClF3NO4S/c1-16(23(30)31-12-13-34-15-17-2-5-19(25)6-3-17)32-20-7-9-21(10-8-20)33-22-11-4-18(14-29-22)24(26,27)28/h2-11,14,16H,12-13,15H2,1H3. The number of nitrogens with zero attached hydrogens (tertiary/aromatic N) is 1. The second-order valence-corrected chi connectivity index (χ2v) is 8.60. The van der Waals surface area contributed by atoms with Gasteiger partial charge in [0.1, 0.15) is 18.1 Å². The molecule has 0 bridgehead atoms. The van der Waals surface area contributed by atoms with E-state index < -0.39 is 23.8 Å². The molecule has 5 nitrogen and oxygen atoms in total. The molecule has 0 aliphatic heterocycles. The average molecular weight is 512 g/mol. The largest absolute Gasteiger partial charge is 0.479 e. The van der Waals surface area contributed by atoms with Gasteiger partial charge in [0.15, 0.2) is 6.10 Å². The van der Waals surface area contributed by atoms with Gasteiger partial charge in [0.05, 0.1) is 5.56 Å². The van der Waals surface area contributed by atoms with E-state index in [4.69, 9.17) is 25.8 Å². The van der Waals surface area contributed by atoms with E-state index in [9.17, 15) is 18.0 Å². The maximum Gasteiger partial charge on any atom is 0.417 e. The van der Waals surface area contributed by atoms with Gasteiger partial charge in [-0.25, -0.2) is 9.78 Å². The number of esters is 1. The summed E-state index contributed by atoms with van der Waals surface area (Å²) in [5, 5.41) is 0.690. The highest BCUT2D eigenvalue weighted by Gasteiger charge is 2.30. The van der Waals surface area contributed by atoms with Crippen molar-refractivity contribution in [3.8, 4) is 17.4 Å². The van der Waals surface area contributed by atoms with E-state index in [0.717, 1.165) is 23.4 Å². The predicted octanol–water partition coefficient (Wildman–Crippen LogP) is 6.79. The summed E-state index contributed by atoms with van der Waals surface area (Å²) in [5.41, 5.74) is 0.281. The second-order valence-electron chi connectivity index (χ2n) is 7.06. The SMILES string of the molecule is CC(Oc1ccc(Oc2ccc(C(F)(F)F)cn2)cc1)C(=O)OCCSCc1ccc(Cl)cc1. The zero-order valence-corrected chi connectivity index (χ0v) is 19.6. The van der Waals surface area contributed by atoms with E-state index in [0.29, 0.717) is 28.5 Å². The Labute approximate surface area is 204 Å². The summed E-state index contributed by atoms with van der Waals surface area (Å²) >= 11 is 7.50. The molecule has 0 aliphatic rings. The quantitative estimate of drug-likeness (QED) is 0.221. The second kappa shape index (κ2) is 12.0. The number of benzene rings is 2. The number of thioether (sulfide) groups is 1. The molecule has 0 spiro atoms. The van der Waals surface area contributed by atoms with Crippen LogP contribution in [0.15, 0.2) is 66.9 Å². The zero-order chi connectivity index (χ0) is 24.6. The van der Waals surface area contributed by atoms with Gasteiger partial charge < -0.3 is 14.2 Å². The highest BCUT2D eigenvalue weighted by molar-refractivity contribution is 7.98. The maximum absolute atomic E-state index is 12.6. The van der Waals surface area contributed by atoms with E-state index in [1.807, 2.05) is 24.3 Å². The summed E-state index contributed by atoms with van der Waals surface area (Å²) in [6.07, 6.45) is -4.57. The summed E-state index contributed by atoms with van der Waals surface area (Å²) in [7, 11) is 0. The minimum atomic E-state index is -4.46. The minimum absolute atomic E-state index is 0.0209. The molecule has 3 aromatic rings. The number of carbonyl (C=O) groups excluding carboxylic acids is 1. The van der Waals surface area contributed by atoms with Crippen molar-refractivity contribution in [2.75, 3.05) is 12.4 Å². The third-order valence-electron chi connectivity index (χ3n) is 4.41. The summed E-state index contributed by atoms with van der Waals surface area (Å²) in [5.74, 6) is 1.73. The van der Waals surface area contributed by atoms with Gasteiger partial charge >= 0.3 is 12.1 Å². The van der Waals surface area contributed by atoms with Crippen molar-refractivity contribution in [3.05, 3.63) is 83.0 Å². The first kappa shape index (κ1) is 25.7. The molecule has 0 amide bonds. The molecule has 1 atom stereocenters. The van der Waals surface area contributed by atoms with Crippen molar-refractivity contribution in [2.45, 2.75) is 25.0 Å². The van der Waals surface area contributed by atoms with Gasteiger partial charge in [0.2, 0.25) is 5.88 Å². The number of carbonyl (C=O) groups is 1. The van der Waals surface area contributed by atoms with Crippen molar-refractivity contribution in [1.82, 2.24) is 4.98 Å².